The molecule has 210 valence electrons. The molecule has 0 unspecified atom stereocenters. The molecule has 9 rings (SSSR count). The molecule has 1 aromatic heterocycles. The Morgan fingerprint density at radius 2 is 0.822 bits per heavy atom. The van der Waals surface area contributed by atoms with E-state index in [9.17, 15) is 2.74 Å². The van der Waals surface area contributed by atoms with Crippen molar-refractivity contribution >= 4 is 43.5 Å². The van der Waals surface area contributed by atoms with Gasteiger partial charge in [-0.05, 0) is 84.3 Å². The number of benzene rings is 8. The lowest BCUT2D eigenvalue weighted by atomic mass is 9.84. The molecule has 0 aliphatic rings. The first-order valence-corrected chi connectivity index (χ1v) is 15.1. The number of fused-ring (bicyclic) bond motifs is 5. The van der Waals surface area contributed by atoms with Gasteiger partial charge in [-0.1, -0.05) is 152 Å². The SMILES string of the molecule is [2H]c1c([2H])c(-c2c3ccccc3c(-c3cc(-c4ccccc4)c4c(c3)oc3ccccc34)c3ccccc23)c([2H])c([2H])c1-c1ccccc1. The van der Waals surface area contributed by atoms with Crippen LogP contribution in [0.15, 0.2) is 174 Å². The Kier molecular flexibility index (Phi) is 5.00. The van der Waals surface area contributed by atoms with Gasteiger partial charge in [0.15, 0.2) is 0 Å². The first-order chi connectivity index (χ1) is 24.0. The van der Waals surface area contributed by atoms with Crippen LogP contribution >= 0.6 is 0 Å². The van der Waals surface area contributed by atoms with Gasteiger partial charge in [-0.2, -0.15) is 0 Å². The molecule has 1 heteroatoms. The van der Waals surface area contributed by atoms with Crippen molar-refractivity contribution in [3.8, 4) is 44.5 Å². The topological polar surface area (TPSA) is 13.1 Å². The lowest BCUT2D eigenvalue weighted by Gasteiger charge is -2.18. The molecule has 9 aromatic rings. The van der Waals surface area contributed by atoms with Gasteiger partial charge in [0.05, 0.1) is 5.48 Å². The second-order valence-corrected chi connectivity index (χ2v) is 11.3. The summed E-state index contributed by atoms with van der Waals surface area (Å²) in [6.07, 6.45) is 0. The zero-order valence-corrected chi connectivity index (χ0v) is 24.3. The van der Waals surface area contributed by atoms with E-state index < -0.39 is 0 Å². The Balaban J connectivity index is 1.39. The lowest BCUT2D eigenvalue weighted by molar-refractivity contribution is 0.669. The van der Waals surface area contributed by atoms with Crippen molar-refractivity contribution in [1.82, 2.24) is 0 Å². The molecular weight excluding hydrogens is 544 g/mol. The highest BCUT2D eigenvalue weighted by Gasteiger charge is 2.20. The fraction of sp³-hybridized carbons (Fsp3) is 0. The van der Waals surface area contributed by atoms with Gasteiger partial charge in [0, 0.05) is 10.8 Å². The fourth-order valence-corrected chi connectivity index (χ4v) is 6.74. The Morgan fingerprint density at radius 1 is 0.356 bits per heavy atom. The van der Waals surface area contributed by atoms with Gasteiger partial charge < -0.3 is 4.42 Å². The molecule has 0 fully saturated rings. The first-order valence-electron chi connectivity index (χ1n) is 17.1. The summed E-state index contributed by atoms with van der Waals surface area (Å²) >= 11 is 0. The van der Waals surface area contributed by atoms with Crippen LogP contribution in [-0.2, 0) is 0 Å². The molecule has 0 saturated carbocycles. The molecule has 8 aromatic carbocycles. The molecule has 1 nitrogen and oxygen atoms in total. The van der Waals surface area contributed by atoms with Crippen LogP contribution in [0.25, 0.3) is 88.0 Å². The lowest BCUT2D eigenvalue weighted by Crippen LogP contribution is -1.92. The van der Waals surface area contributed by atoms with Crippen molar-refractivity contribution in [3.05, 3.63) is 170 Å². The maximum atomic E-state index is 9.29. The molecule has 0 N–H and O–H groups in total. The summed E-state index contributed by atoms with van der Waals surface area (Å²) in [7, 11) is 0. The van der Waals surface area contributed by atoms with Gasteiger partial charge >= 0.3 is 0 Å². The van der Waals surface area contributed by atoms with Crippen LogP contribution in [0, 0.1) is 0 Å². The number of hydrogen-bond acceptors (Lipinski definition) is 1. The molecule has 0 spiro atoms. The monoisotopic (exact) mass is 576 g/mol. The van der Waals surface area contributed by atoms with Gasteiger partial charge in [-0.25, -0.2) is 0 Å². The maximum Gasteiger partial charge on any atom is 0.136 e. The predicted molar refractivity (Wildman–Crippen MR) is 190 cm³/mol. The van der Waals surface area contributed by atoms with Crippen LogP contribution in [0.4, 0.5) is 0 Å². The van der Waals surface area contributed by atoms with E-state index in [0.717, 1.165) is 65.7 Å². The Labute approximate surface area is 267 Å². The highest BCUT2D eigenvalue weighted by molar-refractivity contribution is 6.23. The van der Waals surface area contributed by atoms with E-state index in [1.807, 2.05) is 91.0 Å². The summed E-state index contributed by atoms with van der Waals surface area (Å²) < 4.78 is 43.3. The minimum Gasteiger partial charge on any atom is -0.456 e. The summed E-state index contributed by atoms with van der Waals surface area (Å²) in [6.45, 7) is 0. The molecule has 1 heterocycles. The van der Waals surface area contributed by atoms with E-state index in [0.29, 0.717) is 22.3 Å². The van der Waals surface area contributed by atoms with Crippen LogP contribution in [0.1, 0.15) is 5.48 Å². The number of furan rings is 1. The number of para-hydroxylation sites is 1. The van der Waals surface area contributed by atoms with Gasteiger partial charge in [0.2, 0.25) is 0 Å². The Bertz CT molecular complexity index is 2660. The molecule has 0 aliphatic heterocycles. The third-order valence-corrected chi connectivity index (χ3v) is 8.72. The fourth-order valence-electron chi connectivity index (χ4n) is 6.74. The van der Waals surface area contributed by atoms with Gasteiger partial charge in [-0.15, -0.1) is 0 Å². The average molecular weight is 577 g/mol. The van der Waals surface area contributed by atoms with E-state index in [1.54, 1.807) is 0 Å². The minimum atomic E-state index is -0.0574. The standard InChI is InChI=1S/C44H28O/c1-3-13-29(14-4-1)30-23-25-32(26-24-30)42-34-17-7-9-19-36(34)43(37-20-10-8-18-35(37)42)33-27-39(31-15-5-2-6-16-31)44-38-21-11-12-22-40(38)45-41(44)28-33/h1-28H/i23D,24D,25D,26D. The normalized spacial score (nSPS) is 12.8. The van der Waals surface area contributed by atoms with Crippen molar-refractivity contribution in [2.75, 3.05) is 0 Å². The maximum absolute atomic E-state index is 9.29. The second kappa shape index (κ2) is 10.4. The average Bonchev–Trinajstić information content (AvgIpc) is 3.53. The van der Waals surface area contributed by atoms with Gasteiger partial charge in [0.1, 0.15) is 11.2 Å². The molecule has 45 heavy (non-hydrogen) atoms. The van der Waals surface area contributed by atoms with Crippen molar-refractivity contribution in [2.24, 2.45) is 0 Å². The summed E-state index contributed by atoms with van der Waals surface area (Å²) in [5.74, 6) is 0. The van der Waals surface area contributed by atoms with Crippen LogP contribution in [0.2, 0.25) is 0 Å². The predicted octanol–water partition coefficient (Wildman–Crippen LogP) is 12.6. The molecular formula is C44H28O. The number of hydrogen-bond donors (Lipinski definition) is 0. The van der Waals surface area contributed by atoms with Crippen LogP contribution in [0.3, 0.4) is 0 Å². The van der Waals surface area contributed by atoms with E-state index in [4.69, 9.17) is 7.16 Å². The van der Waals surface area contributed by atoms with Crippen molar-refractivity contribution in [3.63, 3.8) is 0 Å². The third-order valence-electron chi connectivity index (χ3n) is 8.72. The second-order valence-electron chi connectivity index (χ2n) is 11.3. The molecule has 0 bridgehead atoms. The quantitative estimate of drug-likeness (QED) is 0.190. The number of rotatable bonds is 4. The van der Waals surface area contributed by atoms with Crippen LogP contribution in [-0.4, -0.2) is 0 Å². The molecule has 0 aliphatic carbocycles. The highest BCUT2D eigenvalue weighted by Crippen LogP contribution is 2.46. The summed E-state index contributed by atoms with van der Waals surface area (Å²) in [6, 6.07) is 48.1. The summed E-state index contributed by atoms with van der Waals surface area (Å²) in [5.41, 5.74) is 7.76. The van der Waals surface area contributed by atoms with E-state index in [2.05, 4.69) is 54.6 Å². The van der Waals surface area contributed by atoms with Crippen molar-refractivity contribution < 1.29 is 9.90 Å². The van der Waals surface area contributed by atoms with Crippen molar-refractivity contribution in [1.29, 1.82) is 0 Å². The van der Waals surface area contributed by atoms with Crippen LogP contribution < -0.4 is 0 Å². The Hall–Kier alpha value is -5.92. The smallest absolute Gasteiger partial charge is 0.136 e. The zero-order chi connectivity index (χ0) is 33.2. The van der Waals surface area contributed by atoms with E-state index >= 15 is 0 Å². The van der Waals surface area contributed by atoms with Gasteiger partial charge in [-0.3, -0.25) is 0 Å². The van der Waals surface area contributed by atoms with Gasteiger partial charge in [0.25, 0.3) is 0 Å². The zero-order valence-electron chi connectivity index (χ0n) is 28.3. The molecule has 0 atom stereocenters. The van der Waals surface area contributed by atoms with Crippen molar-refractivity contribution in [2.45, 2.75) is 0 Å². The molecule has 0 radical (unpaired) electrons. The molecule has 0 amide bonds. The van der Waals surface area contributed by atoms with E-state index in [1.165, 1.54) is 0 Å². The van der Waals surface area contributed by atoms with E-state index in [-0.39, 0.29) is 24.2 Å². The summed E-state index contributed by atoms with van der Waals surface area (Å²) in [4.78, 5) is 0. The minimum absolute atomic E-state index is 0.0534. The first kappa shape index (κ1) is 21.7. The third kappa shape index (κ3) is 4.17. The van der Waals surface area contributed by atoms with Crippen LogP contribution in [0.5, 0.6) is 0 Å². The molecule has 0 saturated heterocycles. The summed E-state index contributed by atoms with van der Waals surface area (Å²) in [5, 5.41) is 5.75. The highest BCUT2D eigenvalue weighted by atomic mass is 16.3. The Morgan fingerprint density at radius 3 is 1.42 bits per heavy atom. The largest absolute Gasteiger partial charge is 0.456 e.